The predicted molar refractivity (Wildman–Crippen MR) is 72.7 cm³/mol. The van der Waals surface area contributed by atoms with Crippen LogP contribution in [-0.4, -0.2) is 16.0 Å². The summed E-state index contributed by atoms with van der Waals surface area (Å²) in [6, 6.07) is 4.40. The van der Waals surface area contributed by atoms with Crippen LogP contribution in [0.15, 0.2) is 30.0 Å². The Morgan fingerprint density at radius 1 is 1.33 bits per heavy atom. The molecule has 0 saturated heterocycles. The number of thiazole rings is 1. The minimum atomic E-state index is 0.467. The number of pyridine rings is 1. The average Bonchev–Trinajstić information content (AvgIpc) is 2.88. The van der Waals surface area contributed by atoms with Crippen molar-refractivity contribution >= 4 is 11.3 Å². The summed E-state index contributed by atoms with van der Waals surface area (Å²) >= 11 is 1.59. The van der Waals surface area contributed by atoms with Crippen LogP contribution in [-0.2, 0) is 13.2 Å². The standard InChI is InChI=1S/C13H17N3OS/c1-10(2)15-5-11-3-4-12(6-16-11)17-8-13-7-14-9-18-13/h3-4,6-7,9-10,15H,5,8H2,1-2H3. The SMILES string of the molecule is CC(C)NCc1ccc(OCc2cncs2)cn1. The zero-order valence-corrected chi connectivity index (χ0v) is 11.4. The second-order valence-corrected chi connectivity index (χ2v) is 5.25. The Morgan fingerprint density at radius 2 is 2.22 bits per heavy atom. The van der Waals surface area contributed by atoms with E-state index >= 15 is 0 Å². The lowest BCUT2D eigenvalue weighted by molar-refractivity contribution is 0.308. The first-order valence-electron chi connectivity index (χ1n) is 5.92. The van der Waals surface area contributed by atoms with Gasteiger partial charge in [-0.25, -0.2) is 0 Å². The summed E-state index contributed by atoms with van der Waals surface area (Å²) in [5.41, 5.74) is 2.83. The quantitative estimate of drug-likeness (QED) is 0.870. The zero-order valence-electron chi connectivity index (χ0n) is 10.6. The number of ether oxygens (including phenoxy) is 1. The van der Waals surface area contributed by atoms with Crippen LogP contribution in [0.5, 0.6) is 5.75 Å². The van der Waals surface area contributed by atoms with E-state index in [1.807, 2.05) is 18.3 Å². The molecule has 2 aromatic heterocycles. The number of nitrogens with zero attached hydrogens (tertiary/aromatic N) is 2. The number of nitrogens with one attached hydrogen (secondary N) is 1. The third-order valence-electron chi connectivity index (χ3n) is 2.35. The minimum Gasteiger partial charge on any atom is -0.486 e. The highest BCUT2D eigenvalue weighted by atomic mass is 32.1. The Bertz CT molecular complexity index is 454. The van der Waals surface area contributed by atoms with E-state index in [9.17, 15) is 0 Å². The Balaban J connectivity index is 1.83. The maximum Gasteiger partial charge on any atom is 0.138 e. The highest BCUT2D eigenvalue weighted by Crippen LogP contribution is 2.13. The molecule has 0 aromatic carbocycles. The predicted octanol–water partition coefficient (Wildman–Crippen LogP) is 2.62. The molecule has 0 aliphatic heterocycles. The highest BCUT2D eigenvalue weighted by Gasteiger charge is 2.00. The van der Waals surface area contributed by atoms with Crippen molar-refractivity contribution in [2.24, 2.45) is 0 Å². The molecule has 5 heteroatoms. The molecule has 0 aliphatic rings. The number of hydrogen-bond donors (Lipinski definition) is 1. The molecule has 0 spiro atoms. The lowest BCUT2D eigenvalue weighted by Crippen LogP contribution is -2.22. The van der Waals surface area contributed by atoms with Crippen molar-refractivity contribution in [1.82, 2.24) is 15.3 Å². The van der Waals surface area contributed by atoms with Crippen LogP contribution in [0.1, 0.15) is 24.4 Å². The molecule has 0 amide bonds. The third-order valence-corrected chi connectivity index (χ3v) is 3.11. The maximum absolute atomic E-state index is 5.62. The number of hydrogen-bond acceptors (Lipinski definition) is 5. The van der Waals surface area contributed by atoms with Gasteiger partial charge in [0.2, 0.25) is 0 Å². The first-order valence-corrected chi connectivity index (χ1v) is 6.80. The molecule has 0 radical (unpaired) electrons. The van der Waals surface area contributed by atoms with Crippen LogP contribution in [0, 0.1) is 0 Å². The lowest BCUT2D eigenvalue weighted by Gasteiger charge is -2.08. The van der Waals surface area contributed by atoms with Crippen LogP contribution in [0.25, 0.3) is 0 Å². The van der Waals surface area contributed by atoms with Gasteiger partial charge in [0, 0.05) is 18.8 Å². The van der Waals surface area contributed by atoms with Crippen LogP contribution in [0.4, 0.5) is 0 Å². The first kappa shape index (κ1) is 13.0. The minimum absolute atomic E-state index is 0.467. The van der Waals surface area contributed by atoms with Gasteiger partial charge in [0.25, 0.3) is 0 Å². The van der Waals surface area contributed by atoms with E-state index in [1.165, 1.54) is 0 Å². The van der Waals surface area contributed by atoms with Gasteiger partial charge in [0.15, 0.2) is 0 Å². The Labute approximate surface area is 111 Å². The smallest absolute Gasteiger partial charge is 0.138 e. The van der Waals surface area contributed by atoms with Crippen molar-refractivity contribution in [3.8, 4) is 5.75 Å². The summed E-state index contributed by atoms with van der Waals surface area (Å²) in [7, 11) is 0. The molecule has 0 aliphatic carbocycles. The molecular weight excluding hydrogens is 246 g/mol. The van der Waals surface area contributed by atoms with E-state index in [0.717, 1.165) is 22.9 Å². The van der Waals surface area contributed by atoms with Gasteiger partial charge in [-0.15, -0.1) is 11.3 Å². The zero-order chi connectivity index (χ0) is 12.8. The van der Waals surface area contributed by atoms with E-state index in [1.54, 1.807) is 23.0 Å². The van der Waals surface area contributed by atoms with E-state index in [4.69, 9.17) is 4.74 Å². The van der Waals surface area contributed by atoms with Gasteiger partial charge in [-0.1, -0.05) is 13.8 Å². The largest absolute Gasteiger partial charge is 0.486 e. The molecule has 1 N–H and O–H groups in total. The van der Waals surface area contributed by atoms with Gasteiger partial charge < -0.3 is 10.1 Å². The Hall–Kier alpha value is -1.46. The molecular formula is C13H17N3OS. The van der Waals surface area contributed by atoms with Gasteiger partial charge >= 0.3 is 0 Å². The van der Waals surface area contributed by atoms with Crippen molar-refractivity contribution in [2.45, 2.75) is 33.0 Å². The van der Waals surface area contributed by atoms with Crippen molar-refractivity contribution in [2.75, 3.05) is 0 Å². The van der Waals surface area contributed by atoms with E-state index in [2.05, 4.69) is 29.1 Å². The van der Waals surface area contributed by atoms with Crippen molar-refractivity contribution in [1.29, 1.82) is 0 Å². The fourth-order valence-corrected chi connectivity index (χ4v) is 1.88. The van der Waals surface area contributed by atoms with Gasteiger partial charge in [-0.05, 0) is 12.1 Å². The summed E-state index contributed by atoms with van der Waals surface area (Å²) in [5.74, 6) is 0.789. The molecule has 0 unspecified atom stereocenters. The molecule has 2 aromatic rings. The summed E-state index contributed by atoms with van der Waals surface area (Å²) in [6.07, 6.45) is 3.58. The normalized spacial score (nSPS) is 10.8. The molecule has 0 fully saturated rings. The second-order valence-electron chi connectivity index (χ2n) is 4.28. The molecule has 0 atom stereocenters. The van der Waals surface area contributed by atoms with Gasteiger partial charge in [0.1, 0.15) is 12.4 Å². The van der Waals surface area contributed by atoms with Crippen molar-refractivity contribution < 1.29 is 4.74 Å². The molecule has 0 bridgehead atoms. The lowest BCUT2D eigenvalue weighted by atomic mass is 10.3. The van der Waals surface area contributed by atoms with Crippen LogP contribution >= 0.6 is 11.3 Å². The molecule has 2 rings (SSSR count). The van der Waals surface area contributed by atoms with E-state index in [-0.39, 0.29) is 0 Å². The highest BCUT2D eigenvalue weighted by molar-refractivity contribution is 7.09. The molecule has 4 nitrogen and oxygen atoms in total. The van der Waals surface area contributed by atoms with Crippen LogP contribution < -0.4 is 10.1 Å². The fourth-order valence-electron chi connectivity index (χ4n) is 1.38. The van der Waals surface area contributed by atoms with Crippen molar-refractivity contribution in [3.05, 3.63) is 40.6 Å². The summed E-state index contributed by atoms with van der Waals surface area (Å²) < 4.78 is 5.62. The topological polar surface area (TPSA) is 47.0 Å². The Morgan fingerprint density at radius 3 is 2.83 bits per heavy atom. The fraction of sp³-hybridized carbons (Fsp3) is 0.385. The van der Waals surface area contributed by atoms with Crippen LogP contribution in [0.3, 0.4) is 0 Å². The number of aromatic nitrogens is 2. The molecule has 2 heterocycles. The van der Waals surface area contributed by atoms with Crippen molar-refractivity contribution in [3.63, 3.8) is 0 Å². The molecule has 0 saturated carbocycles. The first-order chi connectivity index (χ1) is 8.74. The van der Waals surface area contributed by atoms with Gasteiger partial charge in [0.05, 0.1) is 22.3 Å². The van der Waals surface area contributed by atoms with Gasteiger partial charge in [-0.3, -0.25) is 9.97 Å². The summed E-state index contributed by atoms with van der Waals surface area (Å²) in [5, 5.41) is 3.33. The molecule has 96 valence electrons. The van der Waals surface area contributed by atoms with E-state index in [0.29, 0.717) is 12.6 Å². The van der Waals surface area contributed by atoms with Crippen LogP contribution in [0.2, 0.25) is 0 Å². The molecule has 18 heavy (non-hydrogen) atoms. The number of rotatable bonds is 6. The monoisotopic (exact) mass is 263 g/mol. The van der Waals surface area contributed by atoms with Gasteiger partial charge in [-0.2, -0.15) is 0 Å². The maximum atomic E-state index is 5.62. The second kappa shape index (κ2) is 6.47. The average molecular weight is 263 g/mol. The Kier molecular flexibility index (Phi) is 4.66. The summed E-state index contributed by atoms with van der Waals surface area (Å²) in [6.45, 7) is 5.57. The summed E-state index contributed by atoms with van der Waals surface area (Å²) in [4.78, 5) is 9.47. The van der Waals surface area contributed by atoms with E-state index < -0.39 is 0 Å². The third kappa shape index (κ3) is 4.09.